The fraction of sp³-hybridized carbons (Fsp3) is 0. The standard InChI is InChI=1S/C54H32N2S2/c1-2-12-38(34-22-26-50-44(30-34)40-14-4-8-18-48(40)56(50)36-24-28-54-46(32-36)42-16-6-10-20-52(42)58-54)37(11-1)33-21-25-49-43(29-33)39-13-3-7-17-47(39)55(49)35-23-27-53-45(31-35)41-15-5-9-19-51(41)57-53/h1-32H. The molecule has 13 rings (SSSR count). The molecule has 0 saturated carbocycles. The van der Waals surface area contributed by atoms with Crippen LogP contribution in [0.4, 0.5) is 0 Å². The topological polar surface area (TPSA) is 9.86 Å². The van der Waals surface area contributed by atoms with E-state index in [0.717, 1.165) is 0 Å². The largest absolute Gasteiger partial charge is 0.309 e. The Labute approximate surface area is 341 Å². The summed E-state index contributed by atoms with van der Waals surface area (Å²) in [6.45, 7) is 0. The Kier molecular flexibility index (Phi) is 6.79. The molecule has 9 aromatic carbocycles. The molecule has 0 N–H and O–H groups in total. The van der Waals surface area contributed by atoms with Gasteiger partial charge in [-0.25, -0.2) is 0 Å². The normalized spacial score (nSPS) is 12.1. The molecule has 0 spiro atoms. The van der Waals surface area contributed by atoms with E-state index < -0.39 is 0 Å². The van der Waals surface area contributed by atoms with Crippen molar-refractivity contribution in [1.82, 2.24) is 9.13 Å². The highest BCUT2D eigenvalue weighted by atomic mass is 32.1. The Bertz CT molecular complexity index is 3560. The third kappa shape index (κ3) is 4.64. The van der Waals surface area contributed by atoms with Crippen molar-refractivity contribution in [3.8, 4) is 33.6 Å². The molecular weight excluding hydrogens is 741 g/mol. The Morgan fingerprint density at radius 1 is 0.259 bits per heavy atom. The number of para-hydroxylation sites is 2. The van der Waals surface area contributed by atoms with E-state index in [2.05, 4.69) is 203 Å². The van der Waals surface area contributed by atoms with Crippen LogP contribution in [0.15, 0.2) is 194 Å². The van der Waals surface area contributed by atoms with E-state index in [4.69, 9.17) is 0 Å². The van der Waals surface area contributed by atoms with Crippen LogP contribution in [-0.4, -0.2) is 9.13 Å². The molecule has 0 radical (unpaired) electrons. The molecule has 0 fully saturated rings. The molecule has 0 aliphatic heterocycles. The quantitative estimate of drug-likeness (QED) is 0.169. The van der Waals surface area contributed by atoms with Gasteiger partial charge in [-0.2, -0.15) is 0 Å². The lowest BCUT2D eigenvalue weighted by Crippen LogP contribution is -1.94. The third-order valence-electron chi connectivity index (χ3n) is 12.1. The molecule has 13 aromatic rings. The number of hydrogen-bond acceptors (Lipinski definition) is 2. The fourth-order valence-electron chi connectivity index (χ4n) is 9.53. The summed E-state index contributed by atoms with van der Waals surface area (Å²) in [6, 6.07) is 72.0. The molecule has 0 aliphatic carbocycles. The van der Waals surface area contributed by atoms with Crippen LogP contribution in [0.3, 0.4) is 0 Å². The number of nitrogens with zero attached hydrogens (tertiary/aromatic N) is 2. The second kappa shape index (κ2) is 12.3. The molecule has 4 heteroatoms. The first-order chi connectivity index (χ1) is 28.7. The zero-order valence-corrected chi connectivity index (χ0v) is 32.8. The summed E-state index contributed by atoms with van der Waals surface area (Å²) >= 11 is 3.73. The van der Waals surface area contributed by atoms with E-state index in [1.165, 1.54) is 118 Å². The van der Waals surface area contributed by atoms with Crippen LogP contribution in [0.25, 0.3) is 118 Å². The fourth-order valence-corrected chi connectivity index (χ4v) is 11.7. The predicted octanol–water partition coefficient (Wildman–Crippen LogP) is 16.0. The average molecular weight is 773 g/mol. The van der Waals surface area contributed by atoms with Crippen LogP contribution in [-0.2, 0) is 0 Å². The SMILES string of the molecule is c1ccc(-c2ccc3c(c2)c2ccccc2n3-c2ccc3sc4ccccc4c3c2)c(-c2ccc3c(c2)c2ccccc2n3-c2ccc3sc4ccccc4c3c2)c1. The molecule has 4 heterocycles. The van der Waals surface area contributed by atoms with Gasteiger partial charge < -0.3 is 9.13 Å². The molecule has 4 aromatic heterocycles. The zero-order valence-electron chi connectivity index (χ0n) is 31.2. The molecule has 2 nitrogen and oxygen atoms in total. The van der Waals surface area contributed by atoms with E-state index in [0.29, 0.717) is 0 Å². The maximum atomic E-state index is 2.44. The first kappa shape index (κ1) is 32.1. The van der Waals surface area contributed by atoms with E-state index in [1.807, 2.05) is 22.7 Å². The minimum Gasteiger partial charge on any atom is -0.309 e. The van der Waals surface area contributed by atoms with Crippen molar-refractivity contribution in [2.24, 2.45) is 0 Å². The Balaban J connectivity index is 0.963. The summed E-state index contributed by atoms with van der Waals surface area (Å²) in [5.41, 5.74) is 12.1. The van der Waals surface area contributed by atoms with E-state index in [-0.39, 0.29) is 0 Å². The molecule has 0 bridgehead atoms. The van der Waals surface area contributed by atoms with Crippen LogP contribution in [0.5, 0.6) is 0 Å². The second-order valence-corrected chi connectivity index (χ2v) is 17.4. The monoisotopic (exact) mass is 772 g/mol. The molecule has 0 saturated heterocycles. The van der Waals surface area contributed by atoms with Crippen LogP contribution < -0.4 is 0 Å². The predicted molar refractivity (Wildman–Crippen MR) is 252 cm³/mol. The first-order valence-electron chi connectivity index (χ1n) is 19.7. The van der Waals surface area contributed by atoms with Crippen molar-refractivity contribution in [2.75, 3.05) is 0 Å². The van der Waals surface area contributed by atoms with E-state index in [1.54, 1.807) is 0 Å². The minimum absolute atomic E-state index is 1.19. The number of thiophene rings is 2. The van der Waals surface area contributed by atoms with Crippen molar-refractivity contribution >= 4 is 107 Å². The summed E-state index contributed by atoms with van der Waals surface area (Å²) < 4.78 is 10.2. The highest BCUT2D eigenvalue weighted by Gasteiger charge is 2.18. The third-order valence-corrected chi connectivity index (χ3v) is 14.4. The summed E-state index contributed by atoms with van der Waals surface area (Å²) in [6.07, 6.45) is 0. The van der Waals surface area contributed by atoms with Crippen LogP contribution in [0.2, 0.25) is 0 Å². The van der Waals surface area contributed by atoms with E-state index in [9.17, 15) is 0 Å². The van der Waals surface area contributed by atoms with Crippen LogP contribution >= 0.6 is 22.7 Å². The van der Waals surface area contributed by atoms with Gasteiger partial charge in [0.2, 0.25) is 0 Å². The van der Waals surface area contributed by atoms with Gasteiger partial charge in [-0.15, -0.1) is 22.7 Å². The zero-order chi connectivity index (χ0) is 37.9. The van der Waals surface area contributed by atoms with Crippen LogP contribution in [0, 0.1) is 0 Å². The second-order valence-electron chi connectivity index (χ2n) is 15.3. The smallest absolute Gasteiger partial charge is 0.0541 e. The minimum atomic E-state index is 1.19. The number of fused-ring (bicyclic) bond motifs is 12. The maximum Gasteiger partial charge on any atom is 0.0541 e. The van der Waals surface area contributed by atoms with Crippen molar-refractivity contribution in [3.63, 3.8) is 0 Å². The van der Waals surface area contributed by atoms with Gasteiger partial charge in [-0.3, -0.25) is 0 Å². The number of rotatable bonds is 4. The number of benzene rings is 9. The number of aromatic nitrogens is 2. The van der Waals surface area contributed by atoms with Gasteiger partial charge in [-0.05, 0) is 107 Å². The average Bonchev–Trinajstić information content (AvgIpc) is 4.03. The van der Waals surface area contributed by atoms with Gasteiger partial charge in [0.05, 0.1) is 22.1 Å². The first-order valence-corrected chi connectivity index (χ1v) is 21.4. The summed E-state index contributed by atoms with van der Waals surface area (Å²) in [4.78, 5) is 0. The van der Waals surface area contributed by atoms with Crippen molar-refractivity contribution in [1.29, 1.82) is 0 Å². The lowest BCUT2D eigenvalue weighted by Gasteiger charge is -2.13. The number of hydrogen-bond donors (Lipinski definition) is 0. The molecule has 0 amide bonds. The Morgan fingerprint density at radius 2 is 0.638 bits per heavy atom. The molecule has 0 aliphatic rings. The summed E-state index contributed by atoms with van der Waals surface area (Å²) in [7, 11) is 0. The van der Waals surface area contributed by atoms with Gasteiger partial charge >= 0.3 is 0 Å². The molecular formula is C54H32N2S2. The van der Waals surface area contributed by atoms with Gasteiger partial charge in [0.25, 0.3) is 0 Å². The van der Waals surface area contributed by atoms with Crippen molar-refractivity contribution in [2.45, 2.75) is 0 Å². The van der Waals surface area contributed by atoms with Gasteiger partial charge in [0.15, 0.2) is 0 Å². The van der Waals surface area contributed by atoms with Gasteiger partial charge in [-0.1, -0.05) is 109 Å². The lowest BCUT2D eigenvalue weighted by molar-refractivity contribution is 1.19. The molecule has 270 valence electrons. The van der Waals surface area contributed by atoms with Crippen LogP contribution in [0.1, 0.15) is 0 Å². The molecule has 0 atom stereocenters. The highest BCUT2D eigenvalue weighted by Crippen LogP contribution is 2.43. The highest BCUT2D eigenvalue weighted by molar-refractivity contribution is 7.26. The maximum absolute atomic E-state index is 2.44. The lowest BCUT2D eigenvalue weighted by atomic mass is 9.93. The van der Waals surface area contributed by atoms with Crippen molar-refractivity contribution < 1.29 is 0 Å². The Hall–Kier alpha value is -6.98. The van der Waals surface area contributed by atoms with Crippen molar-refractivity contribution in [3.05, 3.63) is 194 Å². The Morgan fingerprint density at radius 3 is 1.12 bits per heavy atom. The summed E-state index contributed by atoms with van der Waals surface area (Å²) in [5.74, 6) is 0. The van der Waals surface area contributed by atoms with Gasteiger partial charge in [0, 0.05) is 73.3 Å². The molecule has 0 unspecified atom stereocenters. The van der Waals surface area contributed by atoms with E-state index >= 15 is 0 Å². The molecule has 58 heavy (non-hydrogen) atoms. The van der Waals surface area contributed by atoms with Gasteiger partial charge in [0.1, 0.15) is 0 Å². The summed E-state index contributed by atoms with van der Waals surface area (Å²) in [5, 5.41) is 10.3.